The van der Waals surface area contributed by atoms with Gasteiger partial charge in [0.1, 0.15) is 0 Å². The molecular weight excluding hydrogens is 150 g/mol. The molecule has 0 amide bonds. The number of carbonyl (C=O) groups is 1. The van der Waals surface area contributed by atoms with Crippen molar-refractivity contribution in [3.8, 4) is 12.3 Å². The van der Waals surface area contributed by atoms with E-state index in [0.717, 1.165) is 12.8 Å². The molecule has 0 aliphatic carbocycles. The standard InChI is InChI=1S/C10H17NO/c1-4-9(12)5-6-10(2,3)7-8-11/h1H,5-8,11H2,2-3H3. The van der Waals surface area contributed by atoms with Crippen LogP contribution in [-0.4, -0.2) is 12.3 Å². The van der Waals surface area contributed by atoms with Crippen molar-refractivity contribution in [1.29, 1.82) is 0 Å². The average Bonchev–Trinajstić information content (AvgIpc) is 2.00. The van der Waals surface area contributed by atoms with E-state index in [2.05, 4.69) is 19.8 Å². The van der Waals surface area contributed by atoms with Gasteiger partial charge in [-0.05, 0) is 30.7 Å². The minimum Gasteiger partial charge on any atom is -0.330 e. The van der Waals surface area contributed by atoms with Crippen molar-refractivity contribution in [2.75, 3.05) is 6.54 Å². The number of hydrogen-bond donors (Lipinski definition) is 1. The number of carbonyl (C=O) groups excluding carboxylic acids is 1. The first-order valence-electron chi connectivity index (χ1n) is 4.21. The maximum absolute atomic E-state index is 10.8. The van der Waals surface area contributed by atoms with E-state index in [1.54, 1.807) is 0 Å². The van der Waals surface area contributed by atoms with Crippen LogP contribution in [0.5, 0.6) is 0 Å². The van der Waals surface area contributed by atoms with E-state index < -0.39 is 0 Å². The van der Waals surface area contributed by atoms with Crippen molar-refractivity contribution >= 4 is 5.78 Å². The summed E-state index contributed by atoms with van der Waals surface area (Å²) in [5.41, 5.74) is 5.57. The molecule has 0 spiro atoms. The second kappa shape index (κ2) is 4.95. The van der Waals surface area contributed by atoms with E-state index in [0.29, 0.717) is 13.0 Å². The summed E-state index contributed by atoms with van der Waals surface area (Å²) in [7, 11) is 0. The van der Waals surface area contributed by atoms with Crippen LogP contribution < -0.4 is 5.73 Å². The zero-order valence-corrected chi connectivity index (χ0v) is 7.89. The van der Waals surface area contributed by atoms with Gasteiger partial charge >= 0.3 is 0 Å². The molecule has 0 aromatic carbocycles. The van der Waals surface area contributed by atoms with Gasteiger partial charge in [0.05, 0.1) is 0 Å². The number of rotatable bonds is 5. The average molecular weight is 167 g/mol. The molecule has 2 nitrogen and oxygen atoms in total. The summed E-state index contributed by atoms with van der Waals surface area (Å²) in [6, 6.07) is 0. The molecule has 0 heterocycles. The molecule has 0 rings (SSSR count). The Hall–Kier alpha value is -0.810. The van der Waals surface area contributed by atoms with Crippen LogP contribution in [0.4, 0.5) is 0 Å². The van der Waals surface area contributed by atoms with Gasteiger partial charge in [-0.2, -0.15) is 0 Å². The third kappa shape index (κ3) is 4.92. The topological polar surface area (TPSA) is 43.1 Å². The molecule has 2 heteroatoms. The molecule has 0 aliphatic rings. The number of terminal acetylenes is 1. The fraction of sp³-hybridized carbons (Fsp3) is 0.700. The van der Waals surface area contributed by atoms with Crippen LogP contribution in [0.3, 0.4) is 0 Å². The Bertz CT molecular complexity index is 189. The number of hydrogen-bond acceptors (Lipinski definition) is 2. The fourth-order valence-electron chi connectivity index (χ4n) is 1.04. The van der Waals surface area contributed by atoms with Crippen molar-refractivity contribution in [1.82, 2.24) is 0 Å². The van der Waals surface area contributed by atoms with Gasteiger partial charge in [-0.25, -0.2) is 0 Å². The second-order valence-corrected chi connectivity index (χ2v) is 3.77. The molecule has 0 atom stereocenters. The lowest BCUT2D eigenvalue weighted by Gasteiger charge is -2.22. The van der Waals surface area contributed by atoms with Crippen LogP contribution in [-0.2, 0) is 4.79 Å². The summed E-state index contributed by atoms with van der Waals surface area (Å²) in [6.07, 6.45) is 7.19. The maximum atomic E-state index is 10.8. The summed E-state index contributed by atoms with van der Waals surface area (Å²) in [5, 5.41) is 0. The third-order valence-corrected chi connectivity index (χ3v) is 2.01. The second-order valence-electron chi connectivity index (χ2n) is 3.77. The van der Waals surface area contributed by atoms with Gasteiger partial charge in [-0.1, -0.05) is 13.8 Å². The quantitative estimate of drug-likeness (QED) is 0.496. The predicted molar refractivity (Wildman–Crippen MR) is 50.5 cm³/mol. The van der Waals surface area contributed by atoms with Gasteiger partial charge in [0, 0.05) is 6.42 Å². The minimum absolute atomic E-state index is 0.111. The van der Waals surface area contributed by atoms with Crippen molar-refractivity contribution < 1.29 is 4.79 Å². The van der Waals surface area contributed by atoms with E-state index in [4.69, 9.17) is 12.2 Å². The first-order chi connectivity index (χ1) is 5.52. The Morgan fingerprint density at radius 1 is 1.50 bits per heavy atom. The summed E-state index contributed by atoms with van der Waals surface area (Å²) in [5.74, 6) is 2.00. The van der Waals surface area contributed by atoms with Crippen LogP contribution in [0, 0.1) is 17.8 Å². The van der Waals surface area contributed by atoms with Crippen LogP contribution >= 0.6 is 0 Å². The third-order valence-electron chi connectivity index (χ3n) is 2.01. The largest absolute Gasteiger partial charge is 0.330 e. The zero-order valence-electron chi connectivity index (χ0n) is 7.89. The Balaban J connectivity index is 3.76. The molecule has 0 aliphatic heterocycles. The van der Waals surface area contributed by atoms with Crippen molar-refractivity contribution in [2.24, 2.45) is 11.1 Å². The Kier molecular flexibility index (Phi) is 4.61. The van der Waals surface area contributed by atoms with Crippen LogP contribution in [0.1, 0.15) is 33.1 Å². The van der Waals surface area contributed by atoms with E-state index in [-0.39, 0.29) is 11.2 Å². The lowest BCUT2D eigenvalue weighted by atomic mass is 9.84. The van der Waals surface area contributed by atoms with E-state index in [1.807, 2.05) is 0 Å². The zero-order chi connectivity index (χ0) is 9.61. The van der Waals surface area contributed by atoms with Crippen LogP contribution in [0.15, 0.2) is 0 Å². The molecule has 0 unspecified atom stereocenters. The summed E-state index contributed by atoms with van der Waals surface area (Å²) < 4.78 is 0. The molecule has 0 aromatic rings. The highest BCUT2D eigenvalue weighted by Gasteiger charge is 2.17. The molecule has 0 saturated carbocycles. The summed E-state index contributed by atoms with van der Waals surface area (Å²) in [6.45, 7) is 4.87. The molecule has 2 N–H and O–H groups in total. The van der Waals surface area contributed by atoms with E-state index in [1.165, 1.54) is 0 Å². The molecule has 12 heavy (non-hydrogen) atoms. The smallest absolute Gasteiger partial charge is 0.205 e. The highest BCUT2D eigenvalue weighted by atomic mass is 16.1. The predicted octanol–water partition coefficient (Wildman–Crippen LogP) is 1.34. The lowest BCUT2D eigenvalue weighted by Crippen LogP contribution is -2.18. The molecule has 0 aromatic heterocycles. The normalized spacial score (nSPS) is 10.8. The minimum atomic E-state index is -0.111. The molecule has 0 bridgehead atoms. The van der Waals surface area contributed by atoms with Crippen molar-refractivity contribution in [3.05, 3.63) is 0 Å². The van der Waals surface area contributed by atoms with Crippen LogP contribution in [0.25, 0.3) is 0 Å². The maximum Gasteiger partial charge on any atom is 0.205 e. The lowest BCUT2D eigenvalue weighted by molar-refractivity contribution is -0.114. The monoisotopic (exact) mass is 167 g/mol. The number of ketones is 1. The first kappa shape index (κ1) is 11.2. The molecule has 0 saturated heterocycles. The number of Topliss-reactive ketones (excluding diaryl/α,β-unsaturated/α-hetero) is 1. The summed E-state index contributed by atoms with van der Waals surface area (Å²) >= 11 is 0. The molecular formula is C10H17NO. The summed E-state index contributed by atoms with van der Waals surface area (Å²) in [4.78, 5) is 10.8. The SMILES string of the molecule is C#CC(=O)CCC(C)(C)CCN. The van der Waals surface area contributed by atoms with Gasteiger partial charge in [0.25, 0.3) is 0 Å². The van der Waals surface area contributed by atoms with Gasteiger partial charge in [0.15, 0.2) is 0 Å². The van der Waals surface area contributed by atoms with Crippen molar-refractivity contribution in [2.45, 2.75) is 33.1 Å². The highest BCUT2D eigenvalue weighted by Crippen LogP contribution is 2.25. The van der Waals surface area contributed by atoms with Crippen molar-refractivity contribution in [3.63, 3.8) is 0 Å². The highest BCUT2D eigenvalue weighted by molar-refractivity contribution is 5.94. The van der Waals surface area contributed by atoms with Gasteiger partial charge in [-0.15, -0.1) is 6.42 Å². The first-order valence-corrected chi connectivity index (χ1v) is 4.21. The van der Waals surface area contributed by atoms with E-state index in [9.17, 15) is 4.79 Å². The van der Waals surface area contributed by atoms with Gasteiger partial charge in [0.2, 0.25) is 5.78 Å². The fourth-order valence-corrected chi connectivity index (χ4v) is 1.04. The van der Waals surface area contributed by atoms with Gasteiger partial charge in [-0.3, -0.25) is 4.79 Å². The van der Waals surface area contributed by atoms with Gasteiger partial charge < -0.3 is 5.73 Å². The number of nitrogens with two attached hydrogens (primary N) is 1. The van der Waals surface area contributed by atoms with E-state index >= 15 is 0 Å². The Morgan fingerprint density at radius 2 is 2.08 bits per heavy atom. The Labute approximate surface area is 74.5 Å². The molecule has 0 radical (unpaired) electrons. The molecule has 0 fully saturated rings. The van der Waals surface area contributed by atoms with Crippen LogP contribution in [0.2, 0.25) is 0 Å². The Morgan fingerprint density at radius 3 is 2.50 bits per heavy atom. The molecule has 68 valence electrons.